The van der Waals surface area contributed by atoms with Crippen molar-refractivity contribution in [2.75, 3.05) is 0 Å². The van der Waals surface area contributed by atoms with Gasteiger partial charge in [0, 0.05) is 12.4 Å². The molecule has 0 amide bonds. The summed E-state index contributed by atoms with van der Waals surface area (Å²) in [6, 6.07) is 10.1. The van der Waals surface area contributed by atoms with E-state index < -0.39 is 12.4 Å². The zero-order chi connectivity index (χ0) is 17.8. The Labute approximate surface area is 157 Å². The van der Waals surface area contributed by atoms with Crippen LogP contribution in [0.5, 0.6) is 0 Å². The topological polar surface area (TPSA) is 84.6 Å². The third-order valence-electron chi connectivity index (χ3n) is 3.00. The quantitative estimate of drug-likeness (QED) is 0.278. The molecule has 2 rings (SSSR count). The van der Waals surface area contributed by atoms with Gasteiger partial charge in [0.15, 0.2) is 0 Å². The fourth-order valence-corrected chi connectivity index (χ4v) is 1.93. The molecule has 0 atom stereocenters. The van der Waals surface area contributed by atoms with Crippen LogP contribution >= 0.6 is 26.6 Å². The molecule has 0 aliphatic heterocycles. The first-order valence-corrected chi connectivity index (χ1v) is 22.7. The van der Waals surface area contributed by atoms with Crippen molar-refractivity contribution in [3.8, 4) is 11.4 Å². The summed E-state index contributed by atoms with van der Waals surface area (Å²) >= 11 is 1.99. The summed E-state index contributed by atoms with van der Waals surface area (Å²) in [5.74, 6) is 0. The van der Waals surface area contributed by atoms with E-state index in [0.717, 1.165) is 17.8 Å². The zero-order valence-corrected chi connectivity index (χ0v) is 19.2. The summed E-state index contributed by atoms with van der Waals surface area (Å²) < 4.78 is 4.90. The number of aryl methyl sites for hydroxylation is 1. The predicted molar refractivity (Wildman–Crippen MR) is 100 cm³/mol. The molecular formula is C15H18Br2N4O2W. The number of aromatic nitrogens is 2. The maximum atomic E-state index is 9.51. The molecule has 0 bridgehead atoms. The molecule has 0 aliphatic rings. The molecule has 0 fully saturated rings. The van der Waals surface area contributed by atoms with Crippen molar-refractivity contribution in [2.24, 2.45) is 7.47 Å². The third-order valence-corrected chi connectivity index (χ3v) is 8.16. The van der Waals surface area contributed by atoms with E-state index >= 15 is 0 Å². The second-order valence-electron chi connectivity index (χ2n) is 4.79. The molecule has 2 aromatic heterocycles. The van der Waals surface area contributed by atoms with Gasteiger partial charge in [0.05, 0.1) is 11.4 Å². The van der Waals surface area contributed by atoms with Crippen LogP contribution in [0.3, 0.4) is 0 Å². The summed E-state index contributed by atoms with van der Waals surface area (Å²) in [6.45, 7) is 2.22. The molecule has 0 radical (unpaired) electrons. The van der Waals surface area contributed by atoms with Gasteiger partial charge in [-0.15, -0.1) is 0 Å². The van der Waals surface area contributed by atoms with E-state index in [-0.39, 0.29) is 0 Å². The standard InChI is InChI=1S/C15H18N2.2BrH.2NO.W/c1-2-3-4-7-13-9-10-15(17-12-13)14-8-5-6-11-16-14;;;2*1-2;/h5-6,8-12H,2-4,7H2,1H3;2*1H;;;/q;;;2*-1;+4/p-2. The van der Waals surface area contributed by atoms with Gasteiger partial charge in [0.2, 0.25) is 0 Å². The summed E-state index contributed by atoms with van der Waals surface area (Å²) in [7, 11) is 0. The van der Waals surface area contributed by atoms with Gasteiger partial charge < -0.3 is 0 Å². The molecule has 2 aromatic rings. The molecule has 0 N–H and O–H groups in total. The average Bonchev–Trinajstić information content (AvgIpc) is 2.64. The van der Waals surface area contributed by atoms with Gasteiger partial charge in [-0.1, -0.05) is 31.9 Å². The van der Waals surface area contributed by atoms with Crippen molar-refractivity contribution in [3.63, 3.8) is 0 Å². The van der Waals surface area contributed by atoms with Crippen LogP contribution < -0.4 is 0 Å². The first kappa shape index (κ1) is 21.2. The summed E-state index contributed by atoms with van der Waals surface area (Å²) in [5.41, 5.74) is 3.20. The number of hydrogen-bond donors (Lipinski definition) is 0. The summed E-state index contributed by atoms with van der Waals surface area (Å²) in [4.78, 5) is 27.8. The van der Waals surface area contributed by atoms with Crippen molar-refractivity contribution in [3.05, 3.63) is 58.1 Å². The minimum absolute atomic E-state index is 0.938. The van der Waals surface area contributed by atoms with Crippen molar-refractivity contribution in [1.82, 2.24) is 9.97 Å². The summed E-state index contributed by atoms with van der Waals surface area (Å²) in [5, 5.41) is 0. The van der Waals surface area contributed by atoms with E-state index in [1.807, 2.05) is 24.4 Å². The van der Waals surface area contributed by atoms with E-state index in [2.05, 4.69) is 63.1 Å². The van der Waals surface area contributed by atoms with E-state index in [9.17, 15) is 9.81 Å². The Morgan fingerprint density at radius 3 is 2.17 bits per heavy atom. The van der Waals surface area contributed by atoms with Crippen molar-refractivity contribution < 1.29 is 12.4 Å². The van der Waals surface area contributed by atoms with Gasteiger partial charge in [-0.2, -0.15) is 0 Å². The van der Waals surface area contributed by atoms with E-state index in [1.165, 1.54) is 24.8 Å². The van der Waals surface area contributed by atoms with Crippen LogP contribution in [-0.4, -0.2) is 9.97 Å². The van der Waals surface area contributed by atoms with Crippen LogP contribution in [0.2, 0.25) is 0 Å². The number of nitroso groups, excluding NO2 is 2. The van der Waals surface area contributed by atoms with Gasteiger partial charge in [0.25, 0.3) is 0 Å². The van der Waals surface area contributed by atoms with Crippen LogP contribution in [0, 0.1) is 9.81 Å². The number of pyridine rings is 2. The molecule has 9 heteroatoms. The number of hydrogen-bond acceptors (Lipinski definition) is 6. The van der Waals surface area contributed by atoms with Gasteiger partial charge >= 0.3 is 56.3 Å². The van der Waals surface area contributed by atoms with Gasteiger partial charge in [-0.3, -0.25) is 9.97 Å². The SMILES string of the molecule is CCCCCc1ccc(-c2ccccn2)nc1.O=[N][W]([Br])([Br])[N]=O. The Morgan fingerprint density at radius 1 is 1.00 bits per heavy atom. The van der Waals surface area contributed by atoms with Gasteiger partial charge in [0.1, 0.15) is 0 Å². The average molecular weight is 630 g/mol. The molecule has 0 aromatic carbocycles. The minimum atomic E-state index is -3.50. The fourth-order valence-electron chi connectivity index (χ4n) is 1.83. The fraction of sp³-hybridized carbons (Fsp3) is 0.333. The van der Waals surface area contributed by atoms with Crippen molar-refractivity contribution >= 4 is 26.6 Å². The van der Waals surface area contributed by atoms with Crippen LogP contribution in [0.4, 0.5) is 0 Å². The zero-order valence-electron chi connectivity index (χ0n) is 13.1. The Kier molecular flexibility index (Phi) is 10.3. The Hall–Kier alpha value is -0.852. The number of unbranched alkanes of at least 4 members (excludes halogenated alkanes) is 2. The maximum absolute atomic E-state index is 9.51. The Morgan fingerprint density at radius 2 is 1.71 bits per heavy atom. The molecule has 24 heavy (non-hydrogen) atoms. The van der Waals surface area contributed by atoms with Crippen molar-refractivity contribution in [1.29, 1.82) is 0 Å². The molecule has 0 unspecified atom stereocenters. The number of rotatable bonds is 7. The first-order chi connectivity index (χ1) is 11.5. The second kappa shape index (κ2) is 11.7. The Balaban J connectivity index is 0.000000351. The molecule has 0 spiro atoms. The molecule has 0 saturated carbocycles. The molecule has 6 nitrogen and oxygen atoms in total. The van der Waals surface area contributed by atoms with Crippen LogP contribution in [-0.2, 0) is 18.9 Å². The summed E-state index contributed by atoms with van der Waals surface area (Å²) in [6.07, 6.45) is 8.71. The third kappa shape index (κ3) is 8.31. The van der Waals surface area contributed by atoms with Gasteiger partial charge in [-0.25, -0.2) is 0 Å². The molecule has 0 saturated heterocycles. The second-order valence-corrected chi connectivity index (χ2v) is 30.7. The van der Waals surface area contributed by atoms with Crippen LogP contribution in [0.15, 0.2) is 50.2 Å². The van der Waals surface area contributed by atoms with E-state index in [1.54, 1.807) is 6.20 Å². The predicted octanol–water partition coefficient (Wildman–Crippen LogP) is 6.00. The number of halogens is 2. The van der Waals surface area contributed by atoms with Crippen molar-refractivity contribution in [2.45, 2.75) is 32.6 Å². The molecule has 2 heterocycles. The van der Waals surface area contributed by atoms with Crippen LogP contribution in [0.25, 0.3) is 11.4 Å². The number of nitrogens with zero attached hydrogens (tertiary/aromatic N) is 4. The molecule has 130 valence electrons. The molecular weight excluding hydrogens is 612 g/mol. The van der Waals surface area contributed by atoms with Crippen LogP contribution in [0.1, 0.15) is 31.7 Å². The Bertz CT molecular complexity index is 617. The normalized spacial score (nSPS) is 11.1. The molecule has 0 aliphatic carbocycles. The monoisotopic (exact) mass is 628 g/mol. The van der Waals surface area contributed by atoms with E-state index in [4.69, 9.17) is 0 Å². The first-order valence-electron chi connectivity index (χ1n) is 7.30. The van der Waals surface area contributed by atoms with E-state index in [0.29, 0.717) is 0 Å². The van der Waals surface area contributed by atoms with Gasteiger partial charge in [-0.05, 0) is 36.6 Å².